The molecular weight excluding hydrogens is 253 g/mol. The summed E-state index contributed by atoms with van der Waals surface area (Å²) in [5, 5.41) is 3.44. The van der Waals surface area contributed by atoms with Gasteiger partial charge in [-0.1, -0.05) is 23.7 Å². The van der Waals surface area contributed by atoms with Crippen molar-refractivity contribution >= 4 is 11.6 Å². The van der Waals surface area contributed by atoms with Gasteiger partial charge in [0.2, 0.25) is 0 Å². The molecule has 0 spiro atoms. The summed E-state index contributed by atoms with van der Waals surface area (Å²) in [5.41, 5.74) is 0.540. The summed E-state index contributed by atoms with van der Waals surface area (Å²) in [6.07, 6.45) is 4.56. The standard InChI is InChI=1S/C14H19ClFNO/c1-17-11-5-7-12(8-6-11)18-9-10-3-2-4-13(15)14(10)16/h2-4,11-12,17H,5-9H2,1H3. The SMILES string of the molecule is CNC1CCC(OCc2cccc(Cl)c2F)CC1. The fourth-order valence-corrected chi connectivity index (χ4v) is 2.58. The first-order valence-corrected chi connectivity index (χ1v) is 6.80. The number of benzene rings is 1. The molecule has 1 aliphatic rings. The largest absolute Gasteiger partial charge is 0.373 e. The van der Waals surface area contributed by atoms with Gasteiger partial charge >= 0.3 is 0 Å². The van der Waals surface area contributed by atoms with Crippen LogP contribution >= 0.6 is 11.6 Å². The quantitative estimate of drug-likeness (QED) is 0.905. The molecule has 1 aromatic carbocycles. The van der Waals surface area contributed by atoms with Crippen LogP contribution in [0.1, 0.15) is 31.2 Å². The minimum Gasteiger partial charge on any atom is -0.373 e. The Morgan fingerprint density at radius 2 is 2.06 bits per heavy atom. The van der Waals surface area contributed by atoms with Gasteiger partial charge in [-0.15, -0.1) is 0 Å². The van der Waals surface area contributed by atoms with E-state index in [1.54, 1.807) is 18.2 Å². The number of nitrogens with one attached hydrogen (secondary N) is 1. The highest BCUT2D eigenvalue weighted by molar-refractivity contribution is 6.30. The van der Waals surface area contributed by atoms with E-state index in [4.69, 9.17) is 16.3 Å². The zero-order valence-corrected chi connectivity index (χ0v) is 11.3. The normalized spacial score (nSPS) is 24.2. The summed E-state index contributed by atoms with van der Waals surface area (Å²) in [7, 11) is 1.99. The van der Waals surface area contributed by atoms with Crippen LogP contribution < -0.4 is 5.32 Å². The molecule has 0 saturated heterocycles. The van der Waals surface area contributed by atoms with Crippen LogP contribution in [0.25, 0.3) is 0 Å². The van der Waals surface area contributed by atoms with Gasteiger partial charge in [-0.05, 0) is 38.8 Å². The zero-order valence-electron chi connectivity index (χ0n) is 10.6. The molecule has 1 saturated carbocycles. The van der Waals surface area contributed by atoms with E-state index in [0.717, 1.165) is 25.7 Å². The molecule has 0 unspecified atom stereocenters. The summed E-state index contributed by atoms with van der Waals surface area (Å²) in [6, 6.07) is 5.63. The van der Waals surface area contributed by atoms with E-state index in [1.165, 1.54) is 0 Å². The molecule has 0 atom stereocenters. The summed E-state index contributed by atoms with van der Waals surface area (Å²) < 4.78 is 19.4. The number of ether oxygens (including phenoxy) is 1. The van der Waals surface area contributed by atoms with Gasteiger partial charge in [0.15, 0.2) is 0 Å². The molecule has 18 heavy (non-hydrogen) atoms. The maximum atomic E-state index is 13.7. The molecular formula is C14H19ClFNO. The van der Waals surface area contributed by atoms with Gasteiger partial charge in [0.25, 0.3) is 0 Å². The van der Waals surface area contributed by atoms with E-state index in [9.17, 15) is 4.39 Å². The Morgan fingerprint density at radius 3 is 2.72 bits per heavy atom. The molecule has 0 heterocycles. The van der Waals surface area contributed by atoms with Crippen LogP contribution in [-0.2, 0) is 11.3 Å². The van der Waals surface area contributed by atoms with Gasteiger partial charge in [0.05, 0.1) is 17.7 Å². The summed E-state index contributed by atoms with van der Waals surface area (Å²) >= 11 is 5.73. The van der Waals surface area contributed by atoms with E-state index >= 15 is 0 Å². The molecule has 0 aromatic heterocycles. The summed E-state index contributed by atoms with van der Waals surface area (Å²) in [6.45, 7) is 0.307. The van der Waals surface area contributed by atoms with E-state index in [1.807, 2.05) is 7.05 Å². The van der Waals surface area contributed by atoms with Crippen LogP contribution in [0.5, 0.6) is 0 Å². The second-order valence-corrected chi connectivity index (χ2v) is 5.19. The topological polar surface area (TPSA) is 21.3 Å². The molecule has 1 aliphatic carbocycles. The Bertz CT molecular complexity index is 391. The van der Waals surface area contributed by atoms with Crippen molar-refractivity contribution in [1.82, 2.24) is 5.32 Å². The summed E-state index contributed by atoms with van der Waals surface area (Å²) in [5.74, 6) is -0.358. The first-order valence-electron chi connectivity index (χ1n) is 6.42. The molecule has 1 aromatic rings. The van der Waals surface area contributed by atoms with Crippen LogP contribution in [0, 0.1) is 5.82 Å². The first-order chi connectivity index (χ1) is 8.70. The van der Waals surface area contributed by atoms with Crippen LogP contribution in [0.4, 0.5) is 4.39 Å². The fourth-order valence-electron chi connectivity index (χ4n) is 2.39. The highest BCUT2D eigenvalue weighted by Crippen LogP contribution is 2.24. The van der Waals surface area contributed by atoms with Crippen molar-refractivity contribution in [3.05, 3.63) is 34.6 Å². The van der Waals surface area contributed by atoms with Crippen molar-refractivity contribution in [2.75, 3.05) is 7.05 Å². The zero-order chi connectivity index (χ0) is 13.0. The second-order valence-electron chi connectivity index (χ2n) is 4.79. The fraction of sp³-hybridized carbons (Fsp3) is 0.571. The van der Waals surface area contributed by atoms with Crippen molar-refractivity contribution < 1.29 is 9.13 Å². The lowest BCUT2D eigenvalue weighted by molar-refractivity contribution is 0.0106. The minimum atomic E-state index is -0.358. The average Bonchev–Trinajstić information content (AvgIpc) is 2.41. The predicted octanol–water partition coefficient (Wildman–Crippen LogP) is 3.53. The number of hydrogen-bond acceptors (Lipinski definition) is 2. The van der Waals surface area contributed by atoms with Crippen molar-refractivity contribution in [3.63, 3.8) is 0 Å². The number of hydrogen-bond donors (Lipinski definition) is 1. The number of halogens is 2. The highest BCUT2D eigenvalue weighted by Gasteiger charge is 2.20. The Hall–Kier alpha value is -0.640. The van der Waals surface area contributed by atoms with Gasteiger partial charge in [-0.25, -0.2) is 4.39 Å². The molecule has 0 bridgehead atoms. The molecule has 0 amide bonds. The van der Waals surface area contributed by atoms with Crippen molar-refractivity contribution in [2.45, 2.75) is 44.4 Å². The highest BCUT2D eigenvalue weighted by atomic mass is 35.5. The van der Waals surface area contributed by atoms with Gasteiger partial charge in [0.1, 0.15) is 5.82 Å². The Kier molecular flexibility index (Phi) is 4.98. The van der Waals surface area contributed by atoms with Crippen molar-refractivity contribution in [3.8, 4) is 0 Å². The van der Waals surface area contributed by atoms with E-state index in [0.29, 0.717) is 18.2 Å². The van der Waals surface area contributed by atoms with Gasteiger partial charge < -0.3 is 10.1 Å². The third-order valence-electron chi connectivity index (χ3n) is 3.59. The molecule has 2 rings (SSSR count). The molecule has 0 radical (unpaired) electrons. The van der Waals surface area contributed by atoms with Crippen LogP contribution in [0.2, 0.25) is 5.02 Å². The van der Waals surface area contributed by atoms with Gasteiger partial charge in [0, 0.05) is 11.6 Å². The molecule has 2 nitrogen and oxygen atoms in total. The minimum absolute atomic E-state index is 0.162. The van der Waals surface area contributed by atoms with E-state index in [2.05, 4.69) is 5.32 Å². The lowest BCUT2D eigenvalue weighted by atomic mass is 9.93. The number of rotatable bonds is 4. The smallest absolute Gasteiger partial charge is 0.147 e. The van der Waals surface area contributed by atoms with E-state index in [-0.39, 0.29) is 16.9 Å². The Labute approximate surface area is 112 Å². The second kappa shape index (κ2) is 6.50. The monoisotopic (exact) mass is 271 g/mol. The van der Waals surface area contributed by atoms with Crippen LogP contribution in [0.15, 0.2) is 18.2 Å². The predicted molar refractivity (Wildman–Crippen MR) is 71.3 cm³/mol. The van der Waals surface area contributed by atoms with Gasteiger partial charge in [-0.3, -0.25) is 0 Å². The summed E-state index contributed by atoms with van der Waals surface area (Å²) in [4.78, 5) is 0. The molecule has 1 fully saturated rings. The lowest BCUT2D eigenvalue weighted by Crippen LogP contribution is -2.32. The molecule has 1 N–H and O–H groups in total. The van der Waals surface area contributed by atoms with Crippen LogP contribution in [0.3, 0.4) is 0 Å². The van der Waals surface area contributed by atoms with Crippen molar-refractivity contribution in [1.29, 1.82) is 0 Å². The van der Waals surface area contributed by atoms with Gasteiger partial charge in [-0.2, -0.15) is 0 Å². The lowest BCUT2D eigenvalue weighted by Gasteiger charge is -2.28. The Morgan fingerprint density at radius 1 is 1.33 bits per heavy atom. The maximum Gasteiger partial charge on any atom is 0.147 e. The molecule has 0 aliphatic heterocycles. The molecule has 100 valence electrons. The average molecular weight is 272 g/mol. The molecule has 4 heteroatoms. The Balaban J connectivity index is 1.83. The maximum absolute atomic E-state index is 13.7. The third-order valence-corrected chi connectivity index (χ3v) is 3.88. The third kappa shape index (κ3) is 3.44. The van der Waals surface area contributed by atoms with Crippen molar-refractivity contribution in [2.24, 2.45) is 0 Å². The van der Waals surface area contributed by atoms with Crippen LogP contribution in [-0.4, -0.2) is 19.2 Å². The van der Waals surface area contributed by atoms with E-state index < -0.39 is 0 Å². The first kappa shape index (κ1) is 13.8.